The quantitative estimate of drug-likeness (QED) is 0.440. The van der Waals surface area contributed by atoms with Crippen molar-refractivity contribution in [1.29, 1.82) is 0 Å². The molecule has 0 saturated carbocycles. The van der Waals surface area contributed by atoms with Crippen LogP contribution in [0.1, 0.15) is 20.8 Å². The van der Waals surface area contributed by atoms with Crippen molar-refractivity contribution in [2.45, 2.75) is 24.6 Å². The zero-order valence-electron chi connectivity index (χ0n) is 12.7. The highest BCUT2D eigenvalue weighted by atomic mass is 35.5. The van der Waals surface area contributed by atoms with Crippen LogP contribution in [0.2, 0.25) is 0 Å². The standard InChI is InChI=1S/C13H20Cl2O5P2/c1-4-18-21(16,12-10-8-7-9-11-12)13(14,15)22(17,19-5-2)20-6-3/h7-11H,4-6H2,1-3H3/t21-/m1/s1. The summed E-state index contributed by atoms with van der Waals surface area (Å²) >= 11 is 12.6. The van der Waals surface area contributed by atoms with Gasteiger partial charge in [0.15, 0.2) is 0 Å². The molecule has 0 N–H and O–H groups in total. The third kappa shape index (κ3) is 3.79. The van der Waals surface area contributed by atoms with Crippen molar-refractivity contribution in [3.63, 3.8) is 0 Å². The van der Waals surface area contributed by atoms with Gasteiger partial charge < -0.3 is 13.6 Å². The van der Waals surface area contributed by atoms with E-state index in [2.05, 4.69) is 0 Å². The molecular weight excluding hydrogens is 369 g/mol. The molecule has 0 aliphatic carbocycles. The fourth-order valence-electron chi connectivity index (χ4n) is 1.81. The highest BCUT2D eigenvalue weighted by Crippen LogP contribution is 2.80. The summed E-state index contributed by atoms with van der Waals surface area (Å²) in [4.78, 5) is 0. The van der Waals surface area contributed by atoms with E-state index in [1.54, 1.807) is 51.1 Å². The molecule has 5 nitrogen and oxygen atoms in total. The summed E-state index contributed by atoms with van der Waals surface area (Å²) in [6.07, 6.45) is 0. The smallest absolute Gasteiger partial charge is 0.323 e. The van der Waals surface area contributed by atoms with Crippen LogP contribution in [0, 0.1) is 0 Å². The highest BCUT2D eigenvalue weighted by molar-refractivity contribution is 7.86. The zero-order valence-corrected chi connectivity index (χ0v) is 16.0. The third-order valence-electron chi connectivity index (χ3n) is 2.69. The monoisotopic (exact) mass is 388 g/mol. The number of hydrogen-bond acceptors (Lipinski definition) is 5. The minimum Gasteiger partial charge on any atom is -0.323 e. The number of rotatable bonds is 9. The van der Waals surface area contributed by atoms with Crippen LogP contribution >= 0.6 is 38.2 Å². The van der Waals surface area contributed by atoms with E-state index in [9.17, 15) is 9.13 Å². The molecule has 0 spiro atoms. The largest absolute Gasteiger partial charge is 0.376 e. The van der Waals surface area contributed by atoms with Gasteiger partial charge in [0.2, 0.25) is 0 Å². The van der Waals surface area contributed by atoms with Crippen LogP contribution in [0.5, 0.6) is 0 Å². The summed E-state index contributed by atoms with van der Waals surface area (Å²) in [7, 11) is -8.03. The number of alkyl halides is 2. The van der Waals surface area contributed by atoms with Gasteiger partial charge in [-0.15, -0.1) is 0 Å². The van der Waals surface area contributed by atoms with E-state index in [1.165, 1.54) is 0 Å². The van der Waals surface area contributed by atoms with Gasteiger partial charge >= 0.3 is 7.60 Å². The average Bonchev–Trinajstić information content (AvgIpc) is 2.48. The van der Waals surface area contributed by atoms with Crippen LogP contribution in [-0.2, 0) is 22.7 Å². The van der Waals surface area contributed by atoms with E-state index in [0.29, 0.717) is 0 Å². The fourth-order valence-corrected chi connectivity index (χ4v) is 8.04. The predicted octanol–water partition coefficient (Wildman–Crippen LogP) is 4.98. The predicted molar refractivity (Wildman–Crippen MR) is 90.6 cm³/mol. The summed E-state index contributed by atoms with van der Waals surface area (Å²) in [5.74, 6) is 0. The Bertz CT molecular complexity index is 555. The maximum absolute atomic E-state index is 13.4. The second-order valence-electron chi connectivity index (χ2n) is 4.15. The average molecular weight is 389 g/mol. The molecule has 0 amide bonds. The number of benzene rings is 1. The van der Waals surface area contributed by atoms with E-state index in [0.717, 1.165) is 0 Å². The molecule has 0 aliphatic heterocycles. The van der Waals surface area contributed by atoms with Crippen molar-refractivity contribution in [3.8, 4) is 0 Å². The molecule has 22 heavy (non-hydrogen) atoms. The van der Waals surface area contributed by atoms with Gasteiger partial charge in [0.1, 0.15) is 0 Å². The van der Waals surface area contributed by atoms with Crippen molar-refractivity contribution in [2.75, 3.05) is 19.8 Å². The molecule has 1 aromatic rings. The molecule has 1 rings (SSSR count). The molecule has 0 unspecified atom stereocenters. The second-order valence-corrected chi connectivity index (χ2v) is 11.6. The van der Waals surface area contributed by atoms with E-state index in [-0.39, 0.29) is 25.1 Å². The minimum atomic E-state index is -4.10. The summed E-state index contributed by atoms with van der Waals surface area (Å²) < 4.78 is 39.8. The van der Waals surface area contributed by atoms with Crippen molar-refractivity contribution >= 4 is 43.5 Å². The first kappa shape index (κ1) is 20.2. The van der Waals surface area contributed by atoms with Gasteiger partial charge in [-0.1, -0.05) is 41.4 Å². The molecule has 0 saturated heterocycles. The molecular formula is C13H20Cl2O5P2. The van der Waals surface area contributed by atoms with Gasteiger partial charge in [-0.25, -0.2) is 0 Å². The maximum atomic E-state index is 13.4. The van der Waals surface area contributed by atoms with Gasteiger partial charge in [-0.3, -0.25) is 9.13 Å². The van der Waals surface area contributed by atoms with Crippen molar-refractivity contribution < 1.29 is 22.7 Å². The Balaban J connectivity index is 3.46. The molecule has 0 fully saturated rings. The summed E-state index contributed by atoms with van der Waals surface area (Å²) in [5.41, 5.74) is 0. The van der Waals surface area contributed by atoms with E-state index < -0.39 is 18.8 Å². The number of hydrogen-bond donors (Lipinski definition) is 0. The molecule has 0 heterocycles. The lowest BCUT2D eigenvalue weighted by Gasteiger charge is -2.34. The molecule has 1 aromatic carbocycles. The van der Waals surface area contributed by atoms with Crippen LogP contribution < -0.4 is 5.30 Å². The van der Waals surface area contributed by atoms with Crippen LogP contribution in [0.25, 0.3) is 0 Å². The summed E-state index contributed by atoms with van der Waals surface area (Å²) in [5, 5.41) is 0.251. The topological polar surface area (TPSA) is 61.8 Å². The normalized spacial score (nSPS) is 15.5. The highest BCUT2D eigenvalue weighted by Gasteiger charge is 2.63. The van der Waals surface area contributed by atoms with Crippen LogP contribution in [0.4, 0.5) is 0 Å². The summed E-state index contributed by atoms with van der Waals surface area (Å²) in [6.45, 7) is 5.03. The van der Waals surface area contributed by atoms with Gasteiger partial charge in [-0.05, 0) is 32.9 Å². The Labute approximate surface area is 141 Å². The van der Waals surface area contributed by atoms with Gasteiger partial charge in [0.25, 0.3) is 11.2 Å². The third-order valence-corrected chi connectivity index (χ3v) is 11.0. The first-order valence-corrected chi connectivity index (χ1v) is 10.8. The number of halogens is 2. The van der Waals surface area contributed by atoms with Gasteiger partial charge in [0.05, 0.1) is 19.8 Å². The van der Waals surface area contributed by atoms with E-state index in [1.807, 2.05) is 0 Å². The molecule has 0 aromatic heterocycles. The fraction of sp³-hybridized carbons (Fsp3) is 0.538. The molecule has 0 aliphatic rings. The first-order valence-electron chi connectivity index (χ1n) is 6.86. The Morgan fingerprint density at radius 1 is 0.909 bits per heavy atom. The van der Waals surface area contributed by atoms with Crippen molar-refractivity contribution in [1.82, 2.24) is 0 Å². The Morgan fingerprint density at radius 3 is 1.77 bits per heavy atom. The van der Waals surface area contributed by atoms with Crippen LogP contribution in [-0.4, -0.2) is 23.6 Å². The SMILES string of the molecule is CCOP(=O)(OCC)C(Cl)(Cl)[P@](=O)(OCC)c1ccccc1. The van der Waals surface area contributed by atoms with Crippen molar-refractivity contribution in [3.05, 3.63) is 30.3 Å². The lowest BCUT2D eigenvalue weighted by Crippen LogP contribution is -2.26. The molecule has 126 valence electrons. The molecule has 9 heteroatoms. The molecule has 0 radical (unpaired) electrons. The minimum absolute atomic E-state index is 0.0411. The second kappa shape index (κ2) is 8.30. The lowest BCUT2D eigenvalue weighted by molar-refractivity contribution is 0.217. The Hall–Kier alpha value is 0.140. The van der Waals surface area contributed by atoms with E-state index >= 15 is 0 Å². The first-order chi connectivity index (χ1) is 10.3. The maximum Gasteiger partial charge on any atom is 0.376 e. The van der Waals surface area contributed by atoms with Crippen LogP contribution in [0.3, 0.4) is 0 Å². The van der Waals surface area contributed by atoms with Gasteiger partial charge in [-0.2, -0.15) is 0 Å². The molecule has 0 bridgehead atoms. The Kier molecular flexibility index (Phi) is 7.62. The summed E-state index contributed by atoms with van der Waals surface area (Å²) in [6, 6.07) is 8.18. The Morgan fingerprint density at radius 2 is 1.36 bits per heavy atom. The van der Waals surface area contributed by atoms with Crippen LogP contribution in [0.15, 0.2) is 30.3 Å². The van der Waals surface area contributed by atoms with E-state index in [4.69, 9.17) is 36.8 Å². The van der Waals surface area contributed by atoms with Crippen molar-refractivity contribution in [2.24, 2.45) is 0 Å². The van der Waals surface area contributed by atoms with Gasteiger partial charge in [0, 0.05) is 5.30 Å². The zero-order chi connectivity index (χ0) is 16.9. The molecule has 1 atom stereocenters. The lowest BCUT2D eigenvalue weighted by atomic mass is 10.4.